The molecule has 3 nitrogen and oxygen atoms in total. The first-order chi connectivity index (χ1) is 7.85. The van der Waals surface area contributed by atoms with E-state index >= 15 is 0 Å². The molecule has 0 saturated heterocycles. The molecule has 0 aliphatic carbocycles. The van der Waals surface area contributed by atoms with Crippen LogP contribution in [0.2, 0.25) is 0 Å². The number of nitrogens with one attached hydrogen (secondary N) is 1. The minimum atomic E-state index is 0.782. The van der Waals surface area contributed by atoms with Crippen molar-refractivity contribution < 1.29 is 0 Å². The van der Waals surface area contributed by atoms with E-state index in [1.54, 1.807) is 11.8 Å². The van der Waals surface area contributed by atoms with Crippen LogP contribution in [-0.4, -0.2) is 23.3 Å². The highest BCUT2D eigenvalue weighted by molar-refractivity contribution is 7.98. The molecule has 0 fully saturated rings. The van der Waals surface area contributed by atoms with E-state index in [9.17, 15) is 0 Å². The number of hydrogen-bond acceptors (Lipinski definition) is 4. The van der Waals surface area contributed by atoms with Crippen LogP contribution in [0, 0.1) is 0 Å². The Kier molecular flexibility index (Phi) is 3.41. The lowest BCUT2D eigenvalue weighted by Gasteiger charge is -2.08. The van der Waals surface area contributed by atoms with Gasteiger partial charge in [0, 0.05) is 18.8 Å². The molecule has 82 valence electrons. The van der Waals surface area contributed by atoms with E-state index in [-0.39, 0.29) is 0 Å². The number of rotatable bonds is 3. The van der Waals surface area contributed by atoms with E-state index in [0.717, 1.165) is 22.1 Å². The van der Waals surface area contributed by atoms with Gasteiger partial charge in [-0.1, -0.05) is 42.1 Å². The van der Waals surface area contributed by atoms with E-state index in [2.05, 4.69) is 27.4 Å². The highest BCUT2D eigenvalue weighted by Gasteiger charge is 2.06. The van der Waals surface area contributed by atoms with Crippen LogP contribution in [0.1, 0.15) is 0 Å². The van der Waals surface area contributed by atoms with Crippen molar-refractivity contribution in [3.8, 4) is 11.1 Å². The predicted molar refractivity (Wildman–Crippen MR) is 68.8 cm³/mol. The standard InChI is InChI=1S/C12H13N3S/c1-13-11-10(8-14-12(15-11)16-2)9-6-4-3-5-7-9/h3-8H,1-2H3,(H,13,14,15). The number of benzene rings is 1. The SMILES string of the molecule is CNc1nc(SC)ncc1-c1ccccc1. The molecule has 0 amide bonds. The molecule has 1 heterocycles. The highest BCUT2D eigenvalue weighted by Crippen LogP contribution is 2.26. The van der Waals surface area contributed by atoms with Crippen LogP contribution in [0.4, 0.5) is 5.82 Å². The maximum Gasteiger partial charge on any atom is 0.189 e. The zero-order valence-electron chi connectivity index (χ0n) is 9.27. The fraction of sp³-hybridized carbons (Fsp3) is 0.167. The van der Waals surface area contributed by atoms with E-state index < -0.39 is 0 Å². The largest absolute Gasteiger partial charge is 0.372 e. The first kappa shape index (κ1) is 11.0. The van der Waals surface area contributed by atoms with Crippen molar-refractivity contribution in [2.24, 2.45) is 0 Å². The van der Waals surface area contributed by atoms with E-state index in [1.165, 1.54) is 0 Å². The fourth-order valence-corrected chi connectivity index (χ4v) is 1.82. The van der Waals surface area contributed by atoms with Crippen LogP contribution in [0.3, 0.4) is 0 Å². The van der Waals surface area contributed by atoms with Crippen LogP contribution in [0.5, 0.6) is 0 Å². The quantitative estimate of drug-likeness (QED) is 0.651. The van der Waals surface area contributed by atoms with E-state index in [1.807, 2.05) is 37.7 Å². The monoisotopic (exact) mass is 231 g/mol. The van der Waals surface area contributed by atoms with Gasteiger partial charge < -0.3 is 5.32 Å². The summed E-state index contributed by atoms with van der Waals surface area (Å²) in [7, 11) is 1.87. The zero-order valence-corrected chi connectivity index (χ0v) is 10.1. The molecule has 0 bridgehead atoms. The second-order valence-electron chi connectivity index (χ2n) is 3.24. The summed E-state index contributed by atoms with van der Waals surface area (Å²) in [6.07, 6.45) is 3.83. The number of hydrogen-bond donors (Lipinski definition) is 1. The van der Waals surface area contributed by atoms with E-state index in [4.69, 9.17) is 0 Å². The Morgan fingerprint density at radius 3 is 2.56 bits per heavy atom. The number of anilines is 1. The molecule has 16 heavy (non-hydrogen) atoms. The Morgan fingerprint density at radius 2 is 1.94 bits per heavy atom. The summed E-state index contributed by atoms with van der Waals surface area (Å²) in [5, 5.41) is 3.89. The number of nitrogens with zero attached hydrogens (tertiary/aromatic N) is 2. The van der Waals surface area contributed by atoms with Crippen molar-refractivity contribution in [1.29, 1.82) is 0 Å². The lowest BCUT2D eigenvalue weighted by molar-refractivity contribution is 0.975. The zero-order chi connectivity index (χ0) is 11.4. The molecule has 0 spiro atoms. The van der Waals surface area contributed by atoms with Gasteiger partial charge in [0.1, 0.15) is 5.82 Å². The maximum atomic E-state index is 4.43. The van der Waals surface area contributed by atoms with Crippen molar-refractivity contribution in [2.45, 2.75) is 5.16 Å². The van der Waals surface area contributed by atoms with Crippen molar-refractivity contribution in [2.75, 3.05) is 18.6 Å². The normalized spacial score (nSPS) is 10.1. The molecule has 0 atom stereocenters. The number of aromatic nitrogens is 2. The van der Waals surface area contributed by atoms with Crippen molar-refractivity contribution in [3.63, 3.8) is 0 Å². The van der Waals surface area contributed by atoms with Crippen LogP contribution < -0.4 is 5.32 Å². The van der Waals surface area contributed by atoms with Gasteiger partial charge in [-0.3, -0.25) is 0 Å². The van der Waals surface area contributed by atoms with Gasteiger partial charge in [0.05, 0.1) is 0 Å². The molecule has 0 saturated carbocycles. The Bertz CT molecular complexity index is 471. The third-order valence-electron chi connectivity index (χ3n) is 2.27. The third-order valence-corrected chi connectivity index (χ3v) is 2.83. The summed E-state index contributed by atoms with van der Waals surface area (Å²) in [4.78, 5) is 8.72. The van der Waals surface area contributed by atoms with Gasteiger partial charge in [-0.25, -0.2) is 9.97 Å². The van der Waals surface area contributed by atoms with Gasteiger partial charge >= 0.3 is 0 Å². The molecule has 0 aliphatic heterocycles. The second-order valence-corrected chi connectivity index (χ2v) is 4.01. The molecular weight excluding hydrogens is 218 g/mol. The summed E-state index contributed by atoms with van der Waals surface area (Å²) in [5.41, 5.74) is 2.15. The van der Waals surface area contributed by atoms with Gasteiger partial charge in [0.2, 0.25) is 0 Å². The fourth-order valence-electron chi connectivity index (χ4n) is 1.48. The van der Waals surface area contributed by atoms with Gasteiger partial charge in [0.15, 0.2) is 5.16 Å². The summed E-state index contributed by atoms with van der Waals surface area (Å²) in [5.74, 6) is 0.866. The molecule has 1 aromatic carbocycles. The van der Waals surface area contributed by atoms with Gasteiger partial charge in [-0.2, -0.15) is 0 Å². The Labute approximate surface area is 99.3 Å². The predicted octanol–water partition coefficient (Wildman–Crippen LogP) is 2.91. The molecular formula is C12H13N3S. The Morgan fingerprint density at radius 1 is 1.19 bits per heavy atom. The van der Waals surface area contributed by atoms with Crippen molar-refractivity contribution >= 4 is 17.6 Å². The smallest absolute Gasteiger partial charge is 0.189 e. The average Bonchev–Trinajstić information content (AvgIpc) is 2.39. The minimum absolute atomic E-state index is 0.782. The molecule has 0 unspecified atom stereocenters. The summed E-state index contributed by atoms with van der Waals surface area (Å²) >= 11 is 1.54. The lowest BCUT2D eigenvalue weighted by Crippen LogP contribution is -1.98. The minimum Gasteiger partial charge on any atom is -0.372 e. The Balaban J connectivity index is 2.49. The summed E-state index contributed by atoms with van der Waals surface area (Å²) < 4.78 is 0. The van der Waals surface area contributed by atoms with Crippen LogP contribution in [0.25, 0.3) is 11.1 Å². The average molecular weight is 231 g/mol. The molecule has 0 aliphatic rings. The maximum absolute atomic E-state index is 4.43. The van der Waals surface area contributed by atoms with E-state index in [0.29, 0.717) is 0 Å². The van der Waals surface area contributed by atoms with Gasteiger partial charge in [-0.05, 0) is 11.8 Å². The summed E-state index contributed by atoms with van der Waals surface area (Å²) in [6.45, 7) is 0. The lowest BCUT2D eigenvalue weighted by atomic mass is 10.1. The molecule has 4 heteroatoms. The Hall–Kier alpha value is -1.55. The molecule has 1 aromatic heterocycles. The third kappa shape index (κ3) is 2.17. The van der Waals surface area contributed by atoms with Gasteiger partial charge in [0.25, 0.3) is 0 Å². The van der Waals surface area contributed by atoms with Crippen LogP contribution in [0.15, 0.2) is 41.7 Å². The first-order valence-electron chi connectivity index (χ1n) is 4.99. The molecule has 2 rings (SSSR count). The molecule has 0 radical (unpaired) electrons. The topological polar surface area (TPSA) is 37.8 Å². The van der Waals surface area contributed by atoms with Crippen LogP contribution >= 0.6 is 11.8 Å². The van der Waals surface area contributed by atoms with Crippen molar-refractivity contribution in [1.82, 2.24) is 9.97 Å². The summed E-state index contributed by atoms with van der Waals surface area (Å²) in [6, 6.07) is 10.1. The first-order valence-corrected chi connectivity index (χ1v) is 6.22. The van der Waals surface area contributed by atoms with Crippen LogP contribution in [-0.2, 0) is 0 Å². The van der Waals surface area contributed by atoms with Crippen molar-refractivity contribution in [3.05, 3.63) is 36.5 Å². The number of thioether (sulfide) groups is 1. The van der Waals surface area contributed by atoms with Gasteiger partial charge in [-0.15, -0.1) is 0 Å². The highest BCUT2D eigenvalue weighted by atomic mass is 32.2. The molecule has 2 aromatic rings. The molecule has 1 N–H and O–H groups in total. The second kappa shape index (κ2) is 4.99.